The van der Waals surface area contributed by atoms with E-state index >= 15 is 0 Å². The molecule has 0 aromatic heterocycles. The van der Waals surface area contributed by atoms with Crippen LogP contribution in [0.5, 0.6) is 11.5 Å². The molecule has 0 aliphatic carbocycles. The lowest BCUT2D eigenvalue weighted by atomic mass is 9.98. The predicted octanol–water partition coefficient (Wildman–Crippen LogP) is 3.13. The summed E-state index contributed by atoms with van der Waals surface area (Å²) >= 11 is 0. The summed E-state index contributed by atoms with van der Waals surface area (Å²) in [5, 5.41) is 10.9. The molecule has 0 unspecified atom stereocenters. The smallest absolute Gasteiger partial charge is 0.269 e. The third-order valence-electron chi connectivity index (χ3n) is 4.82. The molecule has 1 aliphatic heterocycles. The van der Waals surface area contributed by atoms with E-state index in [1.165, 1.54) is 12.1 Å². The molecule has 7 nitrogen and oxygen atoms in total. The zero-order valence-corrected chi connectivity index (χ0v) is 15.4. The van der Waals surface area contributed by atoms with Crippen LogP contribution in [-0.4, -0.2) is 36.5 Å². The molecule has 1 amide bonds. The Bertz CT molecular complexity index is 865. The Morgan fingerprint density at radius 3 is 2.52 bits per heavy atom. The van der Waals surface area contributed by atoms with E-state index in [9.17, 15) is 14.9 Å². The van der Waals surface area contributed by atoms with Gasteiger partial charge in [0.25, 0.3) is 5.69 Å². The first kappa shape index (κ1) is 18.7. The molecule has 0 saturated carbocycles. The SMILES string of the molecule is COc1cc2c(cc1OC)CN(C(=O)CCc1cccc([N+](=O)[O-])c1)CC2. The van der Waals surface area contributed by atoms with E-state index in [1.807, 2.05) is 23.1 Å². The number of ether oxygens (including phenoxy) is 2. The van der Waals surface area contributed by atoms with Crippen LogP contribution in [0.15, 0.2) is 36.4 Å². The molecule has 0 radical (unpaired) electrons. The van der Waals surface area contributed by atoms with Crippen LogP contribution in [0.1, 0.15) is 23.1 Å². The number of amides is 1. The second kappa shape index (κ2) is 8.07. The number of aryl methyl sites for hydroxylation is 1. The minimum Gasteiger partial charge on any atom is -0.493 e. The van der Waals surface area contributed by atoms with Crippen LogP contribution < -0.4 is 9.47 Å². The molecule has 2 aromatic carbocycles. The topological polar surface area (TPSA) is 81.9 Å². The van der Waals surface area contributed by atoms with Crippen LogP contribution in [0.25, 0.3) is 0 Å². The number of carbonyl (C=O) groups is 1. The molecule has 0 fully saturated rings. The van der Waals surface area contributed by atoms with Crippen molar-refractivity contribution in [1.82, 2.24) is 4.90 Å². The first-order valence-corrected chi connectivity index (χ1v) is 8.76. The van der Waals surface area contributed by atoms with Crippen molar-refractivity contribution < 1.29 is 19.2 Å². The highest BCUT2D eigenvalue weighted by molar-refractivity contribution is 5.77. The first-order valence-electron chi connectivity index (χ1n) is 8.76. The lowest BCUT2D eigenvalue weighted by Gasteiger charge is -2.29. The van der Waals surface area contributed by atoms with Crippen molar-refractivity contribution in [2.24, 2.45) is 0 Å². The van der Waals surface area contributed by atoms with E-state index in [4.69, 9.17) is 9.47 Å². The van der Waals surface area contributed by atoms with Crippen molar-refractivity contribution in [3.8, 4) is 11.5 Å². The quantitative estimate of drug-likeness (QED) is 0.576. The number of methoxy groups -OCH3 is 2. The Morgan fingerprint density at radius 1 is 1.15 bits per heavy atom. The summed E-state index contributed by atoms with van der Waals surface area (Å²) in [5.74, 6) is 1.39. The van der Waals surface area contributed by atoms with Crippen molar-refractivity contribution >= 4 is 11.6 Å². The van der Waals surface area contributed by atoms with E-state index in [-0.39, 0.29) is 11.6 Å². The predicted molar refractivity (Wildman–Crippen MR) is 100 cm³/mol. The number of nitro groups is 1. The number of fused-ring (bicyclic) bond motifs is 1. The van der Waals surface area contributed by atoms with Gasteiger partial charge in [-0.25, -0.2) is 0 Å². The van der Waals surface area contributed by atoms with Crippen molar-refractivity contribution in [2.75, 3.05) is 20.8 Å². The highest BCUT2D eigenvalue weighted by atomic mass is 16.6. The second-order valence-electron chi connectivity index (χ2n) is 6.47. The zero-order valence-electron chi connectivity index (χ0n) is 15.4. The summed E-state index contributed by atoms with van der Waals surface area (Å²) < 4.78 is 10.7. The average molecular weight is 370 g/mol. The first-order chi connectivity index (χ1) is 13.0. The minimum atomic E-state index is -0.422. The molecule has 3 rings (SSSR count). The van der Waals surface area contributed by atoms with E-state index < -0.39 is 4.92 Å². The van der Waals surface area contributed by atoms with Crippen LogP contribution in [0.4, 0.5) is 5.69 Å². The van der Waals surface area contributed by atoms with Crippen molar-refractivity contribution in [3.05, 3.63) is 63.2 Å². The lowest BCUT2D eigenvalue weighted by Crippen LogP contribution is -2.36. The van der Waals surface area contributed by atoms with Gasteiger partial charge in [-0.15, -0.1) is 0 Å². The number of hydrogen-bond donors (Lipinski definition) is 0. The molecule has 0 saturated heterocycles. The summed E-state index contributed by atoms with van der Waals surface area (Å²) in [7, 11) is 3.20. The molecule has 0 bridgehead atoms. The molecule has 1 aliphatic rings. The van der Waals surface area contributed by atoms with Crippen LogP contribution in [0.3, 0.4) is 0 Å². The number of benzene rings is 2. The third kappa shape index (κ3) is 4.19. The van der Waals surface area contributed by atoms with Gasteiger partial charge in [0, 0.05) is 31.6 Å². The summed E-state index contributed by atoms with van der Waals surface area (Å²) in [6.45, 7) is 1.18. The van der Waals surface area contributed by atoms with E-state index in [1.54, 1.807) is 20.3 Å². The van der Waals surface area contributed by atoms with E-state index in [0.717, 1.165) is 23.1 Å². The summed E-state index contributed by atoms with van der Waals surface area (Å²) in [6.07, 6.45) is 1.57. The molecule has 0 N–H and O–H groups in total. The Hall–Kier alpha value is -3.09. The van der Waals surface area contributed by atoms with Crippen LogP contribution in [-0.2, 0) is 24.2 Å². The van der Waals surface area contributed by atoms with Gasteiger partial charge in [-0.3, -0.25) is 14.9 Å². The van der Waals surface area contributed by atoms with Crippen LogP contribution >= 0.6 is 0 Å². The van der Waals surface area contributed by atoms with Gasteiger partial charge in [0.05, 0.1) is 19.1 Å². The molecule has 2 aromatic rings. The summed E-state index contributed by atoms with van der Waals surface area (Å²) in [5.41, 5.74) is 3.06. The molecule has 0 atom stereocenters. The van der Waals surface area contributed by atoms with Gasteiger partial charge in [0.1, 0.15) is 0 Å². The van der Waals surface area contributed by atoms with Gasteiger partial charge in [0.2, 0.25) is 5.91 Å². The van der Waals surface area contributed by atoms with Crippen molar-refractivity contribution in [1.29, 1.82) is 0 Å². The van der Waals surface area contributed by atoms with E-state index in [2.05, 4.69) is 0 Å². The fourth-order valence-corrected chi connectivity index (χ4v) is 3.33. The molecular formula is C20H22N2O5. The normalized spacial score (nSPS) is 13.0. The number of non-ortho nitro benzene ring substituents is 1. The van der Waals surface area contributed by atoms with E-state index in [0.29, 0.717) is 37.4 Å². The fraction of sp³-hybridized carbons (Fsp3) is 0.350. The maximum absolute atomic E-state index is 12.6. The standard InChI is InChI=1S/C20H22N2O5/c1-26-18-11-15-8-9-21(13-16(15)12-19(18)27-2)20(23)7-6-14-4-3-5-17(10-14)22(24)25/h3-5,10-12H,6-9,13H2,1-2H3. The summed E-state index contributed by atoms with van der Waals surface area (Å²) in [4.78, 5) is 24.9. The fourth-order valence-electron chi connectivity index (χ4n) is 3.33. The number of carbonyl (C=O) groups excluding carboxylic acids is 1. The van der Waals surface area contributed by atoms with Gasteiger partial charge in [-0.1, -0.05) is 12.1 Å². The number of nitrogens with zero attached hydrogens (tertiary/aromatic N) is 2. The van der Waals surface area contributed by atoms with Crippen molar-refractivity contribution in [3.63, 3.8) is 0 Å². The minimum absolute atomic E-state index is 0.0435. The molecule has 0 spiro atoms. The Morgan fingerprint density at radius 2 is 1.85 bits per heavy atom. The van der Waals surface area contributed by atoms with Gasteiger partial charge in [-0.05, 0) is 41.7 Å². The number of hydrogen-bond acceptors (Lipinski definition) is 5. The monoisotopic (exact) mass is 370 g/mol. The molecular weight excluding hydrogens is 348 g/mol. The van der Waals surface area contributed by atoms with Crippen LogP contribution in [0, 0.1) is 10.1 Å². The maximum Gasteiger partial charge on any atom is 0.269 e. The molecule has 142 valence electrons. The highest BCUT2D eigenvalue weighted by Gasteiger charge is 2.22. The Labute approximate surface area is 157 Å². The van der Waals surface area contributed by atoms with Crippen molar-refractivity contribution in [2.45, 2.75) is 25.8 Å². The summed E-state index contributed by atoms with van der Waals surface area (Å²) in [6, 6.07) is 10.3. The zero-order chi connectivity index (χ0) is 19.4. The number of nitro benzene ring substituents is 1. The molecule has 27 heavy (non-hydrogen) atoms. The average Bonchev–Trinajstić information content (AvgIpc) is 2.70. The Kier molecular flexibility index (Phi) is 5.59. The van der Waals surface area contributed by atoms with Gasteiger partial charge >= 0.3 is 0 Å². The maximum atomic E-state index is 12.6. The largest absolute Gasteiger partial charge is 0.493 e. The Balaban J connectivity index is 1.65. The number of rotatable bonds is 6. The highest BCUT2D eigenvalue weighted by Crippen LogP contribution is 2.33. The van der Waals surface area contributed by atoms with Crippen LogP contribution in [0.2, 0.25) is 0 Å². The van der Waals surface area contributed by atoms with Gasteiger partial charge < -0.3 is 14.4 Å². The third-order valence-corrected chi connectivity index (χ3v) is 4.82. The molecule has 7 heteroatoms. The van der Waals surface area contributed by atoms with Gasteiger partial charge in [0.15, 0.2) is 11.5 Å². The van der Waals surface area contributed by atoms with Gasteiger partial charge in [-0.2, -0.15) is 0 Å². The molecule has 1 heterocycles. The lowest BCUT2D eigenvalue weighted by molar-refractivity contribution is -0.384. The second-order valence-corrected chi connectivity index (χ2v) is 6.47.